The highest BCUT2D eigenvalue weighted by atomic mass is 32.1. The van der Waals surface area contributed by atoms with E-state index in [0.29, 0.717) is 47.7 Å². The molecule has 2 saturated carbocycles. The zero-order valence-electron chi connectivity index (χ0n) is 33.5. The molecule has 1 aliphatic heterocycles. The number of aliphatic carboxylic acids is 1. The van der Waals surface area contributed by atoms with E-state index in [1.807, 2.05) is 57.3 Å². The predicted molar refractivity (Wildman–Crippen MR) is 218 cm³/mol. The van der Waals surface area contributed by atoms with Crippen molar-refractivity contribution in [3.8, 4) is 22.9 Å². The number of nitrogens with two attached hydrogens (primary N) is 1. The van der Waals surface area contributed by atoms with Crippen LogP contribution in [0.25, 0.3) is 22.3 Å². The van der Waals surface area contributed by atoms with Crippen molar-refractivity contribution in [2.45, 2.75) is 122 Å². The molecule has 1 aromatic carbocycles. The molecule has 3 aromatic rings. The molecule has 15 heteroatoms. The summed E-state index contributed by atoms with van der Waals surface area (Å²) < 4.78 is 17.9. The number of likely N-dealkylation sites (tertiary alicyclic amines) is 1. The summed E-state index contributed by atoms with van der Waals surface area (Å²) in [5.74, 6) is -1.31. The maximum atomic E-state index is 14.5. The van der Waals surface area contributed by atoms with Crippen molar-refractivity contribution in [3.63, 3.8) is 0 Å². The van der Waals surface area contributed by atoms with Crippen molar-refractivity contribution in [1.82, 2.24) is 20.2 Å². The fourth-order valence-electron chi connectivity index (χ4n) is 8.06. The third kappa shape index (κ3) is 10.3. The van der Waals surface area contributed by atoms with Crippen LogP contribution in [0.2, 0.25) is 0 Å². The van der Waals surface area contributed by atoms with Gasteiger partial charge in [0.1, 0.15) is 41.5 Å². The number of nitrogens with one attached hydrogen (secondary N) is 2. The van der Waals surface area contributed by atoms with Crippen LogP contribution in [-0.4, -0.2) is 87.8 Å². The summed E-state index contributed by atoms with van der Waals surface area (Å²) in [7, 11) is 1.59. The van der Waals surface area contributed by atoms with Gasteiger partial charge in [0.15, 0.2) is 5.13 Å². The number of hydrogen-bond donors (Lipinski definition) is 4. The molecule has 3 heterocycles. The van der Waals surface area contributed by atoms with Gasteiger partial charge in [-0.3, -0.25) is 14.4 Å². The SMILES string of the molecule is COc1ccc2c(OC3CN(C(=O)C(CCCCCC=C(C)C4CC4C(=O)O)NC(=O)OC4CCCC4)C(C(N)=O)C3C)cc(-c3csc(NC(C)C)n3)nc2c1. The van der Waals surface area contributed by atoms with Crippen LogP contribution in [0, 0.1) is 17.8 Å². The molecule has 2 aromatic heterocycles. The molecule has 6 rings (SSSR count). The number of aromatic nitrogens is 2. The zero-order chi connectivity index (χ0) is 40.8. The number of benzene rings is 1. The minimum Gasteiger partial charge on any atom is -0.497 e. The number of nitrogens with zero attached hydrogens (tertiary/aromatic N) is 3. The minimum absolute atomic E-state index is 0.0699. The maximum Gasteiger partial charge on any atom is 0.408 e. The lowest BCUT2D eigenvalue weighted by Gasteiger charge is -2.28. The number of carboxylic acids is 1. The van der Waals surface area contributed by atoms with Crippen LogP contribution in [-0.2, 0) is 19.1 Å². The molecule has 14 nitrogen and oxygen atoms in total. The highest BCUT2D eigenvalue weighted by Gasteiger charge is 2.48. The second-order valence-electron chi connectivity index (χ2n) is 16.0. The summed E-state index contributed by atoms with van der Waals surface area (Å²) in [6.45, 7) is 7.99. The second-order valence-corrected chi connectivity index (χ2v) is 16.8. The highest BCUT2D eigenvalue weighted by molar-refractivity contribution is 7.14. The Bertz CT molecular complexity index is 1960. The first-order chi connectivity index (χ1) is 27.3. The van der Waals surface area contributed by atoms with Crippen LogP contribution < -0.4 is 25.8 Å². The number of carboxylic acid groups (broad SMARTS) is 1. The Kier molecular flexibility index (Phi) is 13.6. The molecule has 0 bridgehead atoms. The van der Waals surface area contributed by atoms with E-state index in [1.165, 1.54) is 16.2 Å². The summed E-state index contributed by atoms with van der Waals surface area (Å²) in [5, 5.41) is 18.8. The van der Waals surface area contributed by atoms with Gasteiger partial charge in [-0.1, -0.05) is 31.4 Å². The molecular weight excluding hydrogens is 749 g/mol. The summed E-state index contributed by atoms with van der Waals surface area (Å²) >= 11 is 1.48. The van der Waals surface area contributed by atoms with E-state index in [-0.39, 0.29) is 30.5 Å². The number of pyridine rings is 1. The first kappa shape index (κ1) is 41.7. The second kappa shape index (κ2) is 18.6. The summed E-state index contributed by atoms with van der Waals surface area (Å²) in [6, 6.07) is 5.64. The monoisotopic (exact) mass is 804 g/mol. The molecule has 5 N–H and O–H groups in total. The average Bonchev–Trinajstić information content (AvgIpc) is 3.40. The fraction of sp³-hybridized carbons (Fsp3) is 0.571. The van der Waals surface area contributed by atoms with Crippen LogP contribution >= 0.6 is 11.3 Å². The number of hydrogen-bond acceptors (Lipinski definition) is 11. The molecule has 308 valence electrons. The Morgan fingerprint density at radius 3 is 2.53 bits per heavy atom. The number of amides is 3. The first-order valence-electron chi connectivity index (χ1n) is 20.2. The molecular formula is C42H56N6O8S. The molecule has 6 unspecified atom stereocenters. The van der Waals surface area contributed by atoms with Gasteiger partial charge in [0.2, 0.25) is 11.8 Å². The van der Waals surface area contributed by atoms with E-state index in [4.69, 9.17) is 29.9 Å². The van der Waals surface area contributed by atoms with E-state index in [1.54, 1.807) is 7.11 Å². The standard InChI is InChI=1S/C42H56N6O8S/c1-23(2)44-41-46-34(22-57-41)33-20-35(28-17-16-27(54-5)18-32(28)45-33)56-36-21-48(37(25(36)4)38(43)49)39(50)31(47-42(53)55-26-13-10-11-14-26)15-9-7-6-8-12-24(3)29-19-30(29)40(51)52/h12,16-18,20,22-23,25-26,29-31,36-37H,6-11,13-15,19,21H2,1-5H3,(H2,43,49)(H,44,46)(H,47,53)(H,51,52). The molecule has 6 atom stereocenters. The van der Waals surface area contributed by atoms with E-state index in [2.05, 4.69) is 16.7 Å². The Morgan fingerprint density at radius 1 is 1.07 bits per heavy atom. The summed E-state index contributed by atoms with van der Waals surface area (Å²) in [6.07, 6.45) is 8.32. The molecule has 3 amide bonds. The number of thiazole rings is 1. The lowest BCUT2D eigenvalue weighted by molar-refractivity contribution is -0.139. The number of allylic oxidation sites excluding steroid dienone is 2. The number of rotatable bonds is 18. The van der Waals surface area contributed by atoms with Gasteiger partial charge in [-0.2, -0.15) is 0 Å². The average molecular weight is 805 g/mol. The molecule has 0 radical (unpaired) electrons. The van der Waals surface area contributed by atoms with Crippen molar-refractivity contribution >= 4 is 51.2 Å². The zero-order valence-corrected chi connectivity index (χ0v) is 34.3. The minimum atomic E-state index is -0.973. The quantitative estimate of drug-likeness (QED) is 0.0770. The number of carbonyl (C=O) groups excluding carboxylic acids is 3. The van der Waals surface area contributed by atoms with Crippen LogP contribution in [0.3, 0.4) is 0 Å². The van der Waals surface area contributed by atoms with Crippen molar-refractivity contribution in [1.29, 1.82) is 0 Å². The van der Waals surface area contributed by atoms with E-state index >= 15 is 0 Å². The smallest absolute Gasteiger partial charge is 0.408 e. The number of ether oxygens (including phenoxy) is 3. The Hall–Kier alpha value is -4.92. The molecule has 57 heavy (non-hydrogen) atoms. The molecule has 2 aliphatic carbocycles. The first-order valence-corrected chi connectivity index (χ1v) is 21.0. The Labute approximate surface area is 337 Å². The van der Waals surface area contributed by atoms with Gasteiger partial charge in [-0.25, -0.2) is 14.8 Å². The van der Waals surface area contributed by atoms with E-state index < -0.39 is 48.0 Å². The third-order valence-corrected chi connectivity index (χ3v) is 12.1. The number of alkyl carbamates (subject to hydrolysis) is 1. The number of anilines is 1. The molecule has 0 spiro atoms. The molecule has 1 saturated heterocycles. The third-order valence-electron chi connectivity index (χ3n) is 11.3. The predicted octanol–water partition coefficient (Wildman–Crippen LogP) is 6.92. The van der Waals surface area contributed by atoms with Crippen LogP contribution in [0.15, 0.2) is 41.3 Å². The number of methoxy groups -OCH3 is 1. The van der Waals surface area contributed by atoms with Crippen LogP contribution in [0.4, 0.5) is 9.93 Å². The largest absolute Gasteiger partial charge is 0.497 e. The van der Waals surface area contributed by atoms with Crippen molar-refractivity contribution in [2.75, 3.05) is 19.0 Å². The van der Waals surface area contributed by atoms with Gasteiger partial charge < -0.3 is 40.6 Å². The number of primary amides is 1. The Morgan fingerprint density at radius 2 is 1.84 bits per heavy atom. The normalized spacial score (nSPS) is 22.7. The number of fused-ring (bicyclic) bond motifs is 1. The molecule has 3 aliphatic rings. The molecule has 3 fully saturated rings. The van der Waals surface area contributed by atoms with Gasteiger partial charge in [0.25, 0.3) is 0 Å². The van der Waals surface area contributed by atoms with Crippen LogP contribution in [0.1, 0.15) is 91.9 Å². The van der Waals surface area contributed by atoms with E-state index in [9.17, 15) is 24.3 Å². The van der Waals surface area contributed by atoms with Crippen molar-refractivity contribution < 1.29 is 38.5 Å². The topological polar surface area (TPSA) is 195 Å². The van der Waals surface area contributed by atoms with Gasteiger partial charge >= 0.3 is 12.1 Å². The lowest BCUT2D eigenvalue weighted by Crippen LogP contribution is -2.54. The highest BCUT2D eigenvalue weighted by Crippen LogP contribution is 2.44. The van der Waals surface area contributed by atoms with E-state index in [0.717, 1.165) is 61.0 Å². The van der Waals surface area contributed by atoms with Crippen molar-refractivity contribution in [3.05, 3.63) is 41.3 Å². The summed E-state index contributed by atoms with van der Waals surface area (Å²) in [5.41, 5.74) is 9.00. The summed E-state index contributed by atoms with van der Waals surface area (Å²) in [4.78, 5) is 63.0. The Balaban J connectivity index is 1.19. The van der Waals surface area contributed by atoms with Crippen LogP contribution in [0.5, 0.6) is 11.5 Å². The van der Waals surface area contributed by atoms with Gasteiger partial charge in [-0.15, -0.1) is 11.3 Å². The lowest BCUT2D eigenvalue weighted by atomic mass is 9.99. The van der Waals surface area contributed by atoms with Crippen molar-refractivity contribution in [2.24, 2.45) is 23.5 Å². The number of unbranched alkanes of at least 4 members (excludes halogenated alkanes) is 3. The number of carbonyl (C=O) groups is 4. The fourth-order valence-corrected chi connectivity index (χ4v) is 8.91. The van der Waals surface area contributed by atoms with Gasteiger partial charge in [0, 0.05) is 34.9 Å². The van der Waals surface area contributed by atoms with Gasteiger partial charge in [0.05, 0.1) is 30.8 Å². The van der Waals surface area contributed by atoms with Gasteiger partial charge in [-0.05, 0) is 90.2 Å². The maximum absolute atomic E-state index is 14.5.